The van der Waals surface area contributed by atoms with E-state index in [1.165, 1.54) is 11.1 Å². The molecule has 1 saturated heterocycles. The summed E-state index contributed by atoms with van der Waals surface area (Å²) in [6.45, 7) is 10.9. The van der Waals surface area contributed by atoms with Crippen molar-refractivity contribution in [2.75, 3.05) is 26.2 Å². The third kappa shape index (κ3) is 2.23. The van der Waals surface area contributed by atoms with E-state index in [1.807, 2.05) is 0 Å². The second kappa shape index (κ2) is 5.38. The molecule has 1 fully saturated rings. The zero-order valence-corrected chi connectivity index (χ0v) is 12.9. The number of benzene rings is 1. The van der Waals surface area contributed by atoms with Crippen molar-refractivity contribution >= 4 is 0 Å². The Hall–Kier alpha value is -1.06. The zero-order chi connectivity index (χ0) is 14.2. The Morgan fingerprint density at radius 2 is 2.15 bits per heavy atom. The van der Waals surface area contributed by atoms with Gasteiger partial charge in [0.2, 0.25) is 0 Å². The molecule has 2 aliphatic heterocycles. The van der Waals surface area contributed by atoms with Crippen LogP contribution in [0.1, 0.15) is 43.9 Å². The fraction of sp³-hybridized carbons (Fsp3) is 0.647. The number of nitrogens with zero attached hydrogens (tertiary/aromatic N) is 1. The first-order valence-electron chi connectivity index (χ1n) is 7.92. The number of para-hydroxylation sites is 1. The van der Waals surface area contributed by atoms with Crippen molar-refractivity contribution in [2.24, 2.45) is 0 Å². The van der Waals surface area contributed by atoms with Gasteiger partial charge in [-0.15, -0.1) is 0 Å². The van der Waals surface area contributed by atoms with E-state index in [2.05, 4.69) is 49.2 Å². The monoisotopic (exact) mass is 274 g/mol. The van der Waals surface area contributed by atoms with Crippen molar-refractivity contribution in [3.8, 4) is 5.75 Å². The third-order valence-electron chi connectivity index (χ3n) is 4.94. The highest BCUT2D eigenvalue weighted by Gasteiger charge is 2.44. The molecule has 0 bridgehead atoms. The molecule has 2 heterocycles. The highest BCUT2D eigenvalue weighted by atomic mass is 16.5. The molecular formula is C17H26N2O. The lowest BCUT2D eigenvalue weighted by Gasteiger charge is -2.44. The van der Waals surface area contributed by atoms with Gasteiger partial charge in [-0.1, -0.05) is 32.0 Å². The summed E-state index contributed by atoms with van der Waals surface area (Å²) >= 11 is 0. The minimum Gasteiger partial charge on any atom is -0.485 e. The van der Waals surface area contributed by atoms with Gasteiger partial charge in [0.1, 0.15) is 11.4 Å². The van der Waals surface area contributed by atoms with Gasteiger partial charge in [0, 0.05) is 31.0 Å². The van der Waals surface area contributed by atoms with Crippen LogP contribution >= 0.6 is 0 Å². The average molecular weight is 274 g/mol. The number of rotatable bonds is 3. The zero-order valence-electron chi connectivity index (χ0n) is 12.9. The number of ether oxygens (including phenoxy) is 1. The fourth-order valence-corrected chi connectivity index (χ4v) is 3.77. The van der Waals surface area contributed by atoms with Crippen LogP contribution in [0, 0.1) is 6.92 Å². The second-order valence-corrected chi connectivity index (χ2v) is 6.15. The van der Waals surface area contributed by atoms with Gasteiger partial charge in [0.25, 0.3) is 0 Å². The van der Waals surface area contributed by atoms with E-state index in [4.69, 9.17) is 4.74 Å². The van der Waals surface area contributed by atoms with Crippen LogP contribution in [0.3, 0.4) is 0 Å². The Bertz CT molecular complexity index is 476. The summed E-state index contributed by atoms with van der Waals surface area (Å²) in [4.78, 5) is 2.57. The molecule has 0 saturated carbocycles. The molecule has 0 aromatic heterocycles. The van der Waals surface area contributed by atoms with Crippen LogP contribution in [0.4, 0.5) is 0 Å². The normalized spacial score (nSPS) is 28.7. The maximum Gasteiger partial charge on any atom is 0.127 e. The maximum absolute atomic E-state index is 6.49. The van der Waals surface area contributed by atoms with E-state index >= 15 is 0 Å². The largest absolute Gasteiger partial charge is 0.485 e. The molecule has 1 aromatic carbocycles. The number of nitrogens with one attached hydrogen (secondary N) is 1. The number of aryl methyl sites for hydroxylation is 1. The topological polar surface area (TPSA) is 24.5 Å². The summed E-state index contributed by atoms with van der Waals surface area (Å²) in [7, 11) is 0. The lowest BCUT2D eigenvalue weighted by atomic mass is 9.84. The van der Waals surface area contributed by atoms with E-state index in [0.29, 0.717) is 6.04 Å². The van der Waals surface area contributed by atoms with E-state index < -0.39 is 0 Å². The standard InChI is InChI=1S/C17H26N2O/c1-4-19(5-2)15-11-17(9-10-18-12-17)20-16-13(3)7-6-8-14(15)16/h6-8,15,18H,4-5,9-12H2,1-3H3. The Morgan fingerprint density at radius 3 is 2.80 bits per heavy atom. The van der Waals surface area contributed by atoms with Crippen LogP contribution in [0.15, 0.2) is 18.2 Å². The third-order valence-corrected chi connectivity index (χ3v) is 4.94. The average Bonchev–Trinajstić information content (AvgIpc) is 2.89. The summed E-state index contributed by atoms with van der Waals surface area (Å²) in [5, 5.41) is 3.49. The molecule has 3 heteroatoms. The van der Waals surface area contributed by atoms with Crippen LogP contribution < -0.4 is 10.1 Å². The van der Waals surface area contributed by atoms with Crippen LogP contribution in [0.25, 0.3) is 0 Å². The summed E-state index contributed by atoms with van der Waals surface area (Å²) in [5.74, 6) is 1.14. The molecule has 3 rings (SSSR count). The molecule has 0 radical (unpaired) electrons. The second-order valence-electron chi connectivity index (χ2n) is 6.15. The lowest BCUT2D eigenvalue weighted by Crippen LogP contribution is -2.47. The van der Waals surface area contributed by atoms with Gasteiger partial charge < -0.3 is 10.1 Å². The van der Waals surface area contributed by atoms with Gasteiger partial charge in [0.15, 0.2) is 0 Å². The molecular weight excluding hydrogens is 248 g/mol. The predicted molar refractivity (Wildman–Crippen MR) is 82.3 cm³/mol. The first kappa shape index (κ1) is 13.9. The molecule has 0 amide bonds. The van der Waals surface area contributed by atoms with Gasteiger partial charge in [-0.25, -0.2) is 0 Å². The van der Waals surface area contributed by atoms with E-state index in [-0.39, 0.29) is 5.60 Å². The predicted octanol–water partition coefficient (Wildman–Crippen LogP) is 2.89. The van der Waals surface area contributed by atoms with Gasteiger partial charge in [-0.05, 0) is 32.1 Å². The molecule has 3 nitrogen and oxygen atoms in total. The van der Waals surface area contributed by atoms with Crippen LogP contribution in [0.5, 0.6) is 5.75 Å². The van der Waals surface area contributed by atoms with E-state index in [1.54, 1.807) is 0 Å². The molecule has 110 valence electrons. The highest BCUT2D eigenvalue weighted by molar-refractivity contribution is 5.45. The number of hydrogen-bond acceptors (Lipinski definition) is 3. The summed E-state index contributed by atoms with van der Waals surface area (Å²) < 4.78 is 6.49. The van der Waals surface area contributed by atoms with Crippen LogP contribution in [-0.2, 0) is 0 Å². The van der Waals surface area contributed by atoms with Gasteiger partial charge in [-0.3, -0.25) is 4.90 Å². The highest BCUT2D eigenvalue weighted by Crippen LogP contribution is 2.46. The minimum absolute atomic E-state index is 0.00632. The van der Waals surface area contributed by atoms with E-state index in [9.17, 15) is 0 Å². The smallest absolute Gasteiger partial charge is 0.127 e. The quantitative estimate of drug-likeness (QED) is 0.917. The Balaban J connectivity index is 2.03. The van der Waals surface area contributed by atoms with Crippen molar-refractivity contribution in [3.05, 3.63) is 29.3 Å². The van der Waals surface area contributed by atoms with Crippen molar-refractivity contribution in [1.82, 2.24) is 10.2 Å². The van der Waals surface area contributed by atoms with E-state index in [0.717, 1.165) is 44.8 Å². The van der Waals surface area contributed by atoms with Gasteiger partial charge >= 0.3 is 0 Å². The Kier molecular flexibility index (Phi) is 3.74. The maximum atomic E-state index is 6.49. The molecule has 20 heavy (non-hydrogen) atoms. The first-order valence-corrected chi connectivity index (χ1v) is 7.92. The molecule has 1 spiro atoms. The SMILES string of the molecule is CCN(CC)C1CC2(CCNC2)Oc2c(C)cccc21. The Labute approximate surface area is 122 Å². The van der Waals surface area contributed by atoms with Crippen molar-refractivity contribution in [2.45, 2.75) is 45.3 Å². The van der Waals surface area contributed by atoms with Crippen LogP contribution in [0.2, 0.25) is 0 Å². The fourth-order valence-electron chi connectivity index (χ4n) is 3.77. The minimum atomic E-state index is 0.00632. The van der Waals surface area contributed by atoms with Crippen molar-refractivity contribution in [3.63, 3.8) is 0 Å². The number of hydrogen-bond donors (Lipinski definition) is 1. The van der Waals surface area contributed by atoms with Crippen molar-refractivity contribution in [1.29, 1.82) is 0 Å². The Morgan fingerprint density at radius 1 is 1.35 bits per heavy atom. The molecule has 1 N–H and O–H groups in total. The first-order chi connectivity index (χ1) is 9.69. The van der Waals surface area contributed by atoms with Gasteiger partial charge in [0.05, 0.1) is 0 Å². The lowest BCUT2D eigenvalue weighted by molar-refractivity contribution is 0.0187. The van der Waals surface area contributed by atoms with Crippen molar-refractivity contribution < 1.29 is 4.74 Å². The molecule has 2 aliphatic rings. The summed E-state index contributed by atoms with van der Waals surface area (Å²) in [6, 6.07) is 7.08. The molecule has 2 unspecified atom stereocenters. The number of fused-ring (bicyclic) bond motifs is 1. The molecule has 1 aromatic rings. The van der Waals surface area contributed by atoms with Gasteiger partial charge in [-0.2, -0.15) is 0 Å². The van der Waals surface area contributed by atoms with Crippen LogP contribution in [-0.4, -0.2) is 36.7 Å². The summed E-state index contributed by atoms with van der Waals surface area (Å²) in [6.07, 6.45) is 2.23. The molecule has 0 aliphatic carbocycles. The molecule has 2 atom stereocenters. The summed E-state index contributed by atoms with van der Waals surface area (Å²) in [5.41, 5.74) is 2.66.